The number of hydrogen-bond acceptors (Lipinski definition) is 4. The third kappa shape index (κ3) is 15.7. The maximum atomic E-state index is 9.08. The first kappa shape index (κ1) is 16.2. The first-order chi connectivity index (χ1) is 2.56. The molecule has 0 saturated carbocycles. The van der Waals surface area contributed by atoms with E-state index in [0.29, 0.717) is 0 Å². The van der Waals surface area contributed by atoms with Gasteiger partial charge in [-0.1, -0.05) is 4.33 Å². The van der Waals surface area contributed by atoms with Crippen LogP contribution in [0.15, 0.2) is 0 Å². The van der Waals surface area contributed by atoms with Crippen molar-refractivity contribution in [3.8, 4) is 0 Å². The molecule has 0 aromatic carbocycles. The summed E-state index contributed by atoms with van der Waals surface area (Å²) in [4.78, 5) is 0. The van der Waals surface area contributed by atoms with Crippen molar-refractivity contribution in [2.75, 3.05) is 0 Å². The quantitative estimate of drug-likeness (QED) is 0.195. The van der Waals surface area contributed by atoms with E-state index in [0.717, 1.165) is 0 Å². The summed E-state index contributed by atoms with van der Waals surface area (Å²) >= 11 is 0. The van der Waals surface area contributed by atoms with Crippen LogP contribution in [0.2, 0.25) is 0 Å². The van der Waals surface area contributed by atoms with Crippen molar-refractivity contribution in [2.24, 2.45) is 0 Å². The molecule has 8 heavy (non-hydrogen) atoms. The Bertz CT molecular complexity index is 119. The molecule has 0 saturated heterocycles. The van der Waals surface area contributed by atoms with Crippen LogP contribution in [-0.2, 0) is 31.8 Å². The van der Waals surface area contributed by atoms with Crippen molar-refractivity contribution >= 4 is 10.4 Å². The topological polar surface area (TPSA) is 83.8 Å². The molecular weight excluding hydrogens is 191 g/mol. The van der Waals surface area contributed by atoms with Crippen LogP contribution in [0.5, 0.6) is 0 Å². The molecular formula is H3FeNaO5S. The molecule has 0 aromatic rings. The molecule has 0 amide bonds. The van der Waals surface area contributed by atoms with Crippen molar-refractivity contribution in [1.29, 1.82) is 0 Å². The average molecular weight is 194 g/mol. The Morgan fingerprint density at radius 1 is 1.50 bits per heavy atom. The first-order valence-corrected chi connectivity index (χ1v) is 2.23. The first-order valence-electron chi connectivity index (χ1n) is 0.865. The van der Waals surface area contributed by atoms with Gasteiger partial charge < -0.3 is 1.43 Å². The van der Waals surface area contributed by atoms with Gasteiger partial charge in [-0.15, -0.1) is 0 Å². The van der Waals surface area contributed by atoms with Gasteiger partial charge in [0.05, 0.1) is 0 Å². The van der Waals surface area contributed by atoms with Crippen molar-refractivity contribution < 1.29 is 70.6 Å². The molecule has 0 aromatic heterocycles. The number of rotatable bonds is 1. The van der Waals surface area contributed by atoms with Crippen LogP contribution in [0.25, 0.3) is 0 Å². The molecule has 2 N–H and O–H groups in total. The summed E-state index contributed by atoms with van der Waals surface area (Å²) in [5.74, 6) is 0. The number of hydrogen-bond donors (Lipinski definition) is 2. The van der Waals surface area contributed by atoms with Gasteiger partial charge in [-0.3, -0.25) is 4.55 Å². The zero-order chi connectivity index (χ0) is 5.21. The van der Waals surface area contributed by atoms with E-state index in [1.54, 1.807) is 0 Å². The third-order valence-corrected chi connectivity index (χ3v) is 0.283. The molecule has 48 valence electrons. The van der Waals surface area contributed by atoms with Gasteiger partial charge in [0.15, 0.2) is 0 Å². The Balaban J connectivity index is -0.0000000417. The Labute approximate surface area is 80.5 Å². The van der Waals surface area contributed by atoms with Gasteiger partial charge in [0, 0.05) is 17.1 Å². The van der Waals surface area contributed by atoms with Gasteiger partial charge >= 0.3 is 40.0 Å². The predicted octanol–water partition coefficient (Wildman–Crippen LogP) is -3.61. The smallest absolute Gasteiger partial charge is 1.00 e. The summed E-state index contributed by atoms with van der Waals surface area (Å²) in [5, 5.41) is 7.06. The average Bonchev–Trinajstić information content (AvgIpc) is 1.35. The fourth-order valence-corrected chi connectivity index (χ4v) is 0. The summed E-state index contributed by atoms with van der Waals surface area (Å²) in [6.45, 7) is 0. The molecule has 0 fully saturated rings. The van der Waals surface area contributed by atoms with E-state index < -0.39 is 10.4 Å². The molecule has 0 heterocycles. The Kier molecular flexibility index (Phi) is 13.1. The van der Waals surface area contributed by atoms with Gasteiger partial charge in [0.2, 0.25) is 0 Å². The Morgan fingerprint density at radius 3 is 1.62 bits per heavy atom. The van der Waals surface area contributed by atoms with Crippen LogP contribution in [0.3, 0.4) is 0 Å². The fourth-order valence-electron chi connectivity index (χ4n) is 0. The van der Waals surface area contributed by atoms with Crippen molar-refractivity contribution in [2.45, 2.75) is 0 Å². The third-order valence-electron chi connectivity index (χ3n) is 0.0942. The predicted molar refractivity (Wildman–Crippen MR) is 16.4 cm³/mol. The fraction of sp³-hybridized carbons (Fsp3) is 0. The summed E-state index contributed by atoms with van der Waals surface area (Å²) in [6.07, 6.45) is 0. The molecule has 0 aliphatic carbocycles. The Hall–Kier alpha value is 1.35. The second-order valence-electron chi connectivity index (χ2n) is 0.502. The minimum absolute atomic E-state index is 0. The molecule has 0 radical (unpaired) electrons. The van der Waals surface area contributed by atoms with Crippen LogP contribution in [0.1, 0.15) is 1.43 Å². The zero-order valence-corrected chi connectivity index (χ0v) is 7.80. The second kappa shape index (κ2) is 6.47. The second-order valence-corrected chi connectivity index (χ2v) is 1.51. The summed E-state index contributed by atoms with van der Waals surface area (Å²) in [5.41, 5.74) is 0. The molecule has 0 atom stereocenters. The van der Waals surface area contributed by atoms with Crippen LogP contribution < -0.4 is 29.6 Å². The van der Waals surface area contributed by atoms with Crippen molar-refractivity contribution in [3.63, 3.8) is 0 Å². The summed E-state index contributed by atoms with van der Waals surface area (Å²) in [6, 6.07) is 0. The van der Waals surface area contributed by atoms with E-state index in [9.17, 15) is 0 Å². The molecule has 0 unspecified atom stereocenters. The normalized spacial score (nSPS) is 8.75. The van der Waals surface area contributed by atoms with Gasteiger partial charge in [-0.05, 0) is 0 Å². The molecule has 0 bridgehead atoms. The standard InChI is InChI=1S/Fe.Na.H2O5S.H/c;;1-5-6(2,3)4;/h;;1H,(H,2,3,4);/q;+1;;-1. The van der Waals surface area contributed by atoms with Crippen molar-refractivity contribution in [3.05, 3.63) is 0 Å². The SMILES string of the molecule is O=S(=O)(O)OO.[Fe].[H-].[Na+]. The van der Waals surface area contributed by atoms with E-state index in [4.69, 9.17) is 18.2 Å². The molecule has 0 spiro atoms. The monoisotopic (exact) mass is 194 g/mol. The summed E-state index contributed by atoms with van der Waals surface area (Å²) in [7, 11) is -4.61. The molecule has 8 heteroatoms. The zero-order valence-electron chi connectivity index (χ0n) is 4.88. The van der Waals surface area contributed by atoms with E-state index >= 15 is 0 Å². The van der Waals surface area contributed by atoms with Gasteiger partial charge in [0.1, 0.15) is 0 Å². The van der Waals surface area contributed by atoms with Gasteiger partial charge in [-0.2, -0.15) is 8.42 Å². The van der Waals surface area contributed by atoms with Gasteiger partial charge in [0.25, 0.3) is 0 Å². The van der Waals surface area contributed by atoms with E-state index in [-0.39, 0.29) is 48.1 Å². The molecule has 0 aliphatic heterocycles. The largest absolute Gasteiger partial charge is 1.00 e. The van der Waals surface area contributed by atoms with E-state index in [1.807, 2.05) is 0 Å². The van der Waals surface area contributed by atoms with Crippen molar-refractivity contribution in [1.82, 2.24) is 0 Å². The van der Waals surface area contributed by atoms with Crippen LogP contribution in [0.4, 0.5) is 0 Å². The van der Waals surface area contributed by atoms with Crippen LogP contribution in [-0.4, -0.2) is 18.2 Å². The summed E-state index contributed by atoms with van der Waals surface area (Å²) < 4.78 is 28.0. The Morgan fingerprint density at radius 2 is 1.62 bits per heavy atom. The van der Waals surface area contributed by atoms with Crippen LogP contribution in [0, 0.1) is 0 Å². The van der Waals surface area contributed by atoms with Gasteiger partial charge in [-0.25, -0.2) is 5.26 Å². The van der Waals surface area contributed by atoms with Crippen LogP contribution >= 0.6 is 0 Å². The minimum Gasteiger partial charge on any atom is -1.00 e. The van der Waals surface area contributed by atoms with E-state index in [1.165, 1.54) is 0 Å². The molecule has 0 rings (SSSR count). The maximum absolute atomic E-state index is 9.08. The maximum Gasteiger partial charge on any atom is 1.00 e. The van der Waals surface area contributed by atoms with E-state index in [2.05, 4.69) is 4.33 Å². The minimum atomic E-state index is -4.61. The molecule has 0 aliphatic rings. The molecule has 5 nitrogen and oxygen atoms in total.